The van der Waals surface area contributed by atoms with E-state index in [4.69, 9.17) is 15.6 Å². The van der Waals surface area contributed by atoms with Crippen molar-refractivity contribution in [2.75, 3.05) is 13.7 Å². The van der Waals surface area contributed by atoms with Crippen molar-refractivity contribution >= 4 is 42.7 Å². The van der Waals surface area contributed by atoms with Crippen LogP contribution in [-0.4, -0.2) is 59.8 Å². The molecule has 2 aromatic rings. The number of halogens is 1. The van der Waals surface area contributed by atoms with Gasteiger partial charge in [0, 0.05) is 25.4 Å². The van der Waals surface area contributed by atoms with Gasteiger partial charge in [-0.1, -0.05) is 13.0 Å². The van der Waals surface area contributed by atoms with Crippen molar-refractivity contribution in [3.8, 4) is 5.75 Å². The molecule has 1 N–H and O–H groups in total. The van der Waals surface area contributed by atoms with E-state index in [0.717, 1.165) is 16.8 Å². The number of nitrogens with zero attached hydrogens (tertiary/aromatic N) is 3. The number of rotatable bonds is 8. The number of benzene rings is 1. The Hall–Kier alpha value is -2.47. The first-order valence-electron chi connectivity index (χ1n) is 11.5. The Labute approximate surface area is 221 Å². The highest BCUT2D eigenvalue weighted by Crippen LogP contribution is 2.51. The van der Waals surface area contributed by atoms with E-state index in [0.29, 0.717) is 30.7 Å². The van der Waals surface area contributed by atoms with Crippen LogP contribution in [0.1, 0.15) is 59.3 Å². The van der Waals surface area contributed by atoms with E-state index in [9.17, 15) is 9.59 Å². The average Bonchev–Trinajstić information content (AvgIpc) is 2.83. The zero-order valence-corrected chi connectivity index (χ0v) is 22.5. The molecule has 2 amide bonds. The zero-order chi connectivity index (χ0) is 25.3. The number of ether oxygens (including phenoxy) is 1. The predicted octanol–water partition coefficient (Wildman–Crippen LogP) is 3.52. The Kier molecular flexibility index (Phi) is 7.51. The maximum Gasteiger partial charge on any atom is 0.277 e. The van der Waals surface area contributed by atoms with Crippen LogP contribution in [0.3, 0.4) is 0 Å². The molecule has 1 heterocycles. The summed E-state index contributed by atoms with van der Waals surface area (Å²) >= 11 is 1.87. The third kappa shape index (κ3) is 5.23. The molecular formula is C25H28BIN4O4. The smallest absolute Gasteiger partial charge is 0.277 e. The molecule has 1 aromatic carbocycles. The zero-order valence-electron chi connectivity index (χ0n) is 20.3. The van der Waals surface area contributed by atoms with Crippen LogP contribution in [0.15, 0.2) is 41.9 Å². The molecule has 10 heteroatoms. The van der Waals surface area contributed by atoms with Crippen LogP contribution in [0.2, 0.25) is 0 Å². The molecule has 35 heavy (non-hydrogen) atoms. The minimum absolute atomic E-state index is 0.0708. The van der Waals surface area contributed by atoms with Gasteiger partial charge in [0.15, 0.2) is 6.61 Å². The van der Waals surface area contributed by atoms with Crippen LogP contribution < -0.4 is 10.1 Å². The van der Waals surface area contributed by atoms with Crippen molar-refractivity contribution in [2.24, 2.45) is 0 Å². The molecule has 2 atom stereocenters. The first kappa shape index (κ1) is 25.6. The second-order valence-electron chi connectivity index (χ2n) is 9.40. The summed E-state index contributed by atoms with van der Waals surface area (Å²) in [5.41, 5.74) is 4.70. The minimum atomic E-state index is -0.494. The Balaban J connectivity index is 1.40. The van der Waals surface area contributed by atoms with Crippen molar-refractivity contribution in [1.29, 1.82) is 0 Å². The lowest BCUT2D eigenvalue weighted by atomic mass is 9.62. The Morgan fingerprint density at radius 2 is 2.00 bits per heavy atom. The van der Waals surface area contributed by atoms with Crippen LogP contribution in [0.4, 0.5) is 0 Å². The van der Waals surface area contributed by atoms with Crippen molar-refractivity contribution in [3.05, 3.63) is 64.4 Å². The lowest BCUT2D eigenvalue weighted by molar-refractivity contribution is -0.127. The molecule has 0 aliphatic heterocycles. The molecule has 1 aromatic heterocycles. The normalized spacial score (nSPS) is 21.7. The molecule has 8 nitrogen and oxygen atoms in total. The lowest BCUT2D eigenvalue weighted by Gasteiger charge is -2.54. The molecule has 2 radical (unpaired) electrons. The van der Waals surface area contributed by atoms with Gasteiger partial charge in [-0.05, 0) is 61.3 Å². The summed E-state index contributed by atoms with van der Waals surface area (Å²) in [6.45, 7) is 5.78. The second kappa shape index (κ2) is 10.3. The number of aromatic nitrogens is 2. The van der Waals surface area contributed by atoms with Gasteiger partial charge in [0.2, 0.25) is 0 Å². The van der Waals surface area contributed by atoms with E-state index in [-0.39, 0.29) is 36.0 Å². The van der Waals surface area contributed by atoms with Crippen LogP contribution in [-0.2, 0) is 7.86 Å². The fourth-order valence-corrected chi connectivity index (χ4v) is 5.23. The van der Waals surface area contributed by atoms with E-state index >= 15 is 0 Å². The molecule has 0 saturated heterocycles. The van der Waals surface area contributed by atoms with Crippen LogP contribution in [0.25, 0.3) is 0 Å². The van der Waals surface area contributed by atoms with Crippen molar-refractivity contribution in [1.82, 2.24) is 20.2 Å². The molecule has 2 bridgehead atoms. The molecule has 3 aliphatic rings. The summed E-state index contributed by atoms with van der Waals surface area (Å²) in [7, 11) is 7.55. The molecule has 5 rings (SSSR count). The van der Waals surface area contributed by atoms with Gasteiger partial charge < -0.3 is 18.0 Å². The van der Waals surface area contributed by atoms with Gasteiger partial charge in [-0.2, -0.15) is 0 Å². The Bertz CT molecular complexity index is 1160. The monoisotopic (exact) mass is 586 g/mol. The Morgan fingerprint density at radius 3 is 2.60 bits per heavy atom. The molecule has 2 unspecified atom stereocenters. The van der Waals surface area contributed by atoms with Gasteiger partial charge in [0.1, 0.15) is 34.4 Å². The minimum Gasteiger partial charge on any atom is -0.484 e. The largest absolute Gasteiger partial charge is 0.484 e. The van der Waals surface area contributed by atoms with E-state index in [2.05, 4.69) is 15.3 Å². The maximum atomic E-state index is 13.0. The standard InChI is InChI=1S/C25H28BIN4O4/c1-14-5-6-18(7-15(14)2)34-13-23(32)30-25-9-17(10-25)21(8-22(25)35-27)31(4)24(33)20-12-28-19(11-29-20)16(3)26/h5-7,11-12,16,22H,8-10,13H2,1-4H3,(H,30,32). The predicted molar refractivity (Wildman–Crippen MR) is 140 cm³/mol. The first-order valence-corrected chi connectivity index (χ1v) is 12.4. The van der Waals surface area contributed by atoms with Gasteiger partial charge in [0.25, 0.3) is 11.8 Å². The summed E-state index contributed by atoms with van der Waals surface area (Å²) in [5, 5.41) is 3.13. The SMILES string of the molecule is [B]C(C)c1cnc(C(=O)N(C)C2=C3CC(NC(=O)COc4ccc(C)c(C)c4)(C3)C(OI)C2)cn1. The highest BCUT2D eigenvalue weighted by Gasteiger charge is 2.54. The van der Waals surface area contributed by atoms with Gasteiger partial charge in [0.05, 0.1) is 31.4 Å². The number of hydrogen-bond acceptors (Lipinski definition) is 6. The van der Waals surface area contributed by atoms with Gasteiger partial charge in [-0.3, -0.25) is 14.6 Å². The van der Waals surface area contributed by atoms with Gasteiger partial charge >= 0.3 is 0 Å². The highest BCUT2D eigenvalue weighted by atomic mass is 127. The number of amides is 2. The lowest BCUT2D eigenvalue weighted by Crippen LogP contribution is -2.66. The number of nitrogens with one attached hydrogen (secondary N) is 1. The number of carbonyl (C=O) groups is 2. The summed E-state index contributed by atoms with van der Waals surface area (Å²) in [6.07, 6.45) is 4.47. The molecule has 1 fully saturated rings. The van der Waals surface area contributed by atoms with Crippen molar-refractivity contribution < 1.29 is 17.4 Å². The third-order valence-electron chi connectivity index (χ3n) is 6.87. The van der Waals surface area contributed by atoms with E-state index in [1.54, 1.807) is 11.9 Å². The molecule has 3 aliphatic carbocycles. The van der Waals surface area contributed by atoms with Crippen molar-refractivity contribution in [2.45, 2.75) is 57.5 Å². The van der Waals surface area contributed by atoms with E-state index in [1.165, 1.54) is 18.0 Å². The van der Waals surface area contributed by atoms with Gasteiger partial charge in [-0.15, -0.1) is 0 Å². The fraction of sp³-hybridized carbons (Fsp3) is 0.440. The highest BCUT2D eigenvalue weighted by molar-refractivity contribution is 14.1. The van der Waals surface area contributed by atoms with Gasteiger partial charge in [-0.25, -0.2) is 4.98 Å². The molecule has 1 saturated carbocycles. The topological polar surface area (TPSA) is 93.7 Å². The number of aryl methyl sites for hydroxylation is 2. The van der Waals surface area contributed by atoms with Crippen LogP contribution in [0.5, 0.6) is 5.75 Å². The van der Waals surface area contributed by atoms with Crippen LogP contribution in [0, 0.1) is 13.8 Å². The molecule has 0 spiro atoms. The number of hydrogen-bond donors (Lipinski definition) is 1. The summed E-state index contributed by atoms with van der Waals surface area (Å²) < 4.78 is 11.4. The summed E-state index contributed by atoms with van der Waals surface area (Å²) in [6, 6.07) is 5.77. The Morgan fingerprint density at radius 1 is 1.26 bits per heavy atom. The fourth-order valence-electron chi connectivity index (χ4n) is 4.56. The number of carbonyl (C=O) groups excluding carboxylic acids is 2. The van der Waals surface area contributed by atoms with E-state index in [1.807, 2.05) is 62.0 Å². The van der Waals surface area contributed by atoms with Crippen LogP contribution >= 0.6 is 23.0 Å². The van der Waals surface area contributed by atoms with E-state index < -0.39 is 5.54 Å². The average molecular weight is 586 g/mol. The molecular weight excluding hydrogens is 558 g/mol. The summed E-state index contributed by atoms with van der Waals surface area (Å²) in [4.78, 5) is 35.8. The quantitative estimate of drug-likeness (QED) is 0.376. The molecule has 182 valence electrons. The number of fused-ring (bicyclic) bond motifs is 2. The second-order valence-corrected chi connectivity index (χ2v) is 9.91. The first-order chi connectivity index (χ1) is 16.6. The summed E-state index contributed by atoms with van der Waals surface area (Å²) in [5.74, 6) is -0.0227. The van der Waals surface area contributed by atoms with Crippen molar-refractivity contribution in [3.63, 3.8) is 0 Å². The maximum absolute atomic E-state index is 13.0. The third-order valence-corrected chi connectivity index (χ3v) is 7.49.